The zero-order valence-corrected chi connectivity index (χ0v) is 12.0. The zero-order chi connectivity index (χ0) is 12.8. The Morgan fingerprint density at radius 2 is 1.82 bits per heavy atom. The fourth-order valence-corrected chi connectivity index (χ4v) is 2.06. The van der Waals surface area contributed by atoms with Gasteiger partial charge in [0.1, 0.15) is 0 Å². The van der Waals surface area contributed by atoms with Crippen LogP contribution in [0.5, 0.6) is 0 Å². The van der Waals surface area contributed by atoms with Gasteiger partial charge in [-0.1, -0.05) is 38.5 Å². The van der Waals surface area contributed by atoms with Gasteiger partial charge in [-0.3, -0.25) is 0 Å². The third kappa shape index (κ3) is 4.91. The van der Waals surface area contributed by atoms with Crippen LogP contribution >= 0.6 is 0 Å². The van der Waals surface area contributed by atoms with Gasteiger partial charge in [0, 0.05) is 12.6 Å². The van der Waals surface area contributed by atoms with Crippen LogP contribution in [0.25, 0.3) is 0 Å². The minimum absolute atomic E-state index is 0.603. The molecule has 1 heteroatoms. The summed E-state index contributed by atoms with van der Waals surface area (Å²) in [5, 5.41) is 3.61. The van der Waals surface area contributed by atoms with Crippen LogP contribution < -0.4 is 5.32 Å². The van der Waals surface area contributed by atoms with Gasteiger partial charge in [0.05, 0.1) is 0 Å². The topological polar surface area (TPSA) is 12.0 Å². The first-order chi connectivity index (χ1) is 8.02. The zero-order valence-electron chi connectivity index (χ0n) is 12.0. The van der Waals surface area contributed by atoms with E-state index in [-0.39, 0.29) is 0 Å². The maximum Gasteiger partial charge on any atom is 0.0208 e. The van der Waals surface area contributed by atoms with Crippen molar-refractivity contribution in [3.8, 4) is 0 Å². The lowest BCUT2D eigenvalue weighted by molar-refractivity contribution is 0.412. The van der Waals surface area contributed by atoms with Crippen molar-refractivity contribution in [2.45, 2.75) is 60.0 Å². The van der Waals surface area contributed by atoms with Crippen LogP contribution in [0.1, 0.15) is 50.3 Å². The van der Waals surface area contributed by atoms with Gasteiger partial charge >= 0.3 is 0 Å². The van der Waals surface area contributed by atoms with E-state index < -0.39 is 0 Å². The van der Waals surface area contributed by atoms with Crippen LogP contribution in [0, 0.1) is 19.8 Å². The fraction of sp³-hybridized carbons (Fsp3) is 0.625. The van der Waals surface area contributed by atoms with E-state index in [2.05, 4.69) is 58.1 Å². The molecule has 1 aromatic rings. The molecule has 0 saturated heterocycles. The molecule has 1 N–H and O–H groups in total. The number of benzene rings is 1. The van der Waals surface area contributed by atoms with E-state index in [4.69, 9.17) is 0 Å². The standard InChI is InChI=1S/C16H27N/c1-6-12(2)9-15(5)17-11-16-8-7-13(3)14(4)10-16/h7-8,10,12,15,17H,6,9,11H2,1-5H3. The summed E-state index contributed by atoms with van der Waals surface area (Å²) in [6.45, 7) is 12.2. The van der Waals surface area contributed by atoms with Crippen LogP contribution in [0.4, 0.5) is 0 Å². The Labute approximate surface area is 107 Å². The van der Waals surface area contributed by atoms with Crippen molar-refractivity contribution in [2.24, 2.45) is 5.92 Å². The molecule has 1 rings (SSSR count). The molecular formula is C16H27N. The van der Waals surface area contributed by atoms with E-state index in [0.717, 1.165) is 12.5 Å². The molecule has 17 heavy (non-hydrogen) atoms. The lowest BCUT2D eigenvalue weighted by atomic mass is 10.00. The second kappa shape index (κ2) is 6.80. The summed E-state index contributed by atoms with van der Waals surface area (Å²) < 4.78 is 0. The Hall–Kier alpha value is -0.820. The van der Waals surface area contributed by atoms with Gasteiger partial charge in [-0.25, -0.2) is 0 Å². The number of rotatable bonds is 6. The highest BCUT2D eigenvalue weighted by atomic mass is 14.9. The van der Waals surface area contributed by atoms with Gasteiger partial charge in [0.2, 0.25) is 0 Å². The Morgan fingerprint density at radius 3 is 2.41 bits per heavy atom. The van der Waals surface area contributed by atoms with Crippen molar-refractivity contribution in [3.05, 3.63) is 34.9 Å². The molecule has 96 valence electrons. The summed E-state index contributed by atoms with van der Waals surface area (Å²) in [5.74, 6) is 0.817. The van der Waals surface area contributed by atoms with E-state index >= 15 is 0 Å². The van der Waals surface area contributed by atoms with Crippen LogP contribution in [0.2, 0.25) is 0 Å². The molecule has 0 amide bonds. The predicted molar refractivity (Wildman–Crippen MR) is 76.3 cm³/mol. The van der Waals surface area contributed by atoms with E-state index in [0.29, 0.717) is 6.04 Å². The van der Waals surface area contributed by atoms with Gasteiger partial charge in [-0.05, 0) is 49.8 Å². The minimum Gasteiger partial charge on any atom is -0.310 e. The summed E-state index contributed by atoms with van der Waals surface area (Å²) in [6.07, 6.45) is 2.54. The third-order valence-corrected chi connectivity index (χ3v) is 3.68. The molecule has 0 spiro atoms. The average Bonchev–Trinajstić information content (AvgIpc) is 2.30. The number of hydrogen-bond acceptors (Lipinski definition) is 1. The monoisotopic (exact) mass is 233 g/mol. The Morgan fingerprint density at radius 1 is 1.12 bits per heavy atom. The largest absolute Gasteiger partial charge is 0.310 e. The quantitative estimate of drug-likeness (QED) is 0.776. The van der Waals surface area contributed by atoms with E-state index in [1.165, 1.54) is 29.5 Å². The molecule has 0 heterocycles. The predicted octanol–water partition coefficient (Wildman–Crippen LogP) is 4.22. The molecule has 1 aromatic carbocycles. The maximum absolute atomic E-state index is 3.61. The summed E-state index contributed by atoms with van der Waals surface area (Å²) in [7, 11) is 0. The number of hydrogen-bond donors (Lipinski definition) is 1. The number of nitrogens with one attached hydrogen (secondary N) is 1. The summed E-state index contributed by atoms with van der Waals surface area (Å²) in [4.78, 5) is 0. The summed E-state index contributed by atoms with van der Waals surface area (Å²) in [6, 6.07) is 7.33. The maximum atomic E-state index is 3.61. The molecular weight excluding hydrogens is 206 g/mol. The van der Waals surface area contributed by atoms with Gasteiger partial charge in [-0.2, -0.15) is 0 Å². The molecule has 0 aliphatic heterocycles. The first kappa shape index (κ1) is 14.2. The van der Waals surface area contributed by atoms with Crippen molar-refractivity contribution < 1.29 is 0 Å². The lowest BCUT2D eigenvalue weighted by Crippen LogP contribution is -2.27. The molecule has 0 aromatic heterocycles. The molecule has 0 fully saturated rings. The normalized spacial score (nSPS) is 14.6. The Kier molecular flexibility index (Phi) is 5.70. The molecule has 2 unspecified atom stereocenters. The van der Waals surface area contributed by atoms with Crippen molar-refractivity contribution in [2.75, 3.05) is 0 Å². The third-order valence-electron chi connectivity index (χ3n) is 3.68. The van der Waals surface area contributed by atoms with Crippen LogP contribution in [-0.4, -0.2) is 6.04 Å². The first-order valence-electron chi connectivity index (χ1n) is 6.82. The van der Waals surface area contributed by atoms with Crippen molar-refractivity contribution in [1.82, 2.24) is 5.32 Å². The first-order valence-corrected chi connectivity index (χ1v) is 6.82. The molecule has 0 aliphatic carbocycles. The molecule has 1 nitrogen and oxygen atoms in total. The second-order valence-corrected chi connectivity index (χ2v) is 5.45. The highest BCUT2D eigenvalue weighted by molar-refractivity contribution is 5.29. The van der Waals surface area contributed by atoms with E-state index in [1.807, 2.05) is 0 Å². The highest BCUT2D eigenvalue weighted by Crippen LogP contribution is 2.12. The van der Waals surface area contributed by atoms with Gasteiger partial charge < -0.3 is 5.32 Å². The lowest BCUT2D eigenvalue weighted by Gasteiger charge is -2.17. The summed E-state index contributed by atoms with van der Waals surface area (Å²) >= 11 is 0. The fourth-order valence-electron chi connectivity index (χ4n) is 2.06. The van der Waals surface area contributed by atoms with Crippen LogP contribution in [0.3, 0.4) is 0 Å². The molecule has 0 aliphatic rings. The van der Waals surface area contributed by atoms with Gasteiger partial charge in [0.25, 0.3) is 0 Å². The van der Waals surface area contributed by atoms with Crippen LogP contribution in [-0.2, 0) is 6.54 Å². The average molecular weight is 233 g/mol. The molecule has 0 radical (unpaired) electrons. The van der Waals surface area contributed by atoms with E-state index in [1.54, 1.807) is 0 Å². The van der Waals surface area contributed by atoms with Crippen molar-refractivity contribution in [1.29, 1.82) is 0 Å². The van der Waals surface area contributed by atoms with Crippen molar-refractivity contribution >= 4 is 0 Å². The van der Waals surface area contributed by atoms with Crippen molar-refractivity contribution in [3.63, 3.8) is 0 Å². The molecule has 0 saturated carbocycles. The SMILES string of the molecule is CCC(C)CC(C)NCc1ccc(C)c(C)c1. The Balaban J connectivity index is 2.42. The van der Waals surface area contributed by atoms with E-state index in [9.17, 15) is 0 Å². The van der Waals surface area contributed by atoms with Crippen LogP contribution in [0.15, 0.2) is 18.2 Å². The number of aryl methyl sites for hydroxylation is 2. The van der Waals surface area contributed by atoms with Gasteiger partial charge in [0.15, 0.2) is 0 Å². The second-order valence-electron chi connectivity index (χ2n) is 5.45. The smallest absolute Gasteiger partial charge is 0.0208 e. The highest BCUT2D eigenvalue weighted by Gasteiger charge is 2.06. The summed E-state index contributed by atoms with van der Waals surface area (Å²) in [5.41, 5.74) is 4.16. The molecule has 0 bridgehead atoms. The minimum atomic E-state index is 0.603. The van der Waals surface area contributed by atoms with Gasteiger partial charge in [-0.15, -0.1) is 0 Å². The Bertz CT molecular complexity index is 343. The molecule has 2 atom stereocenters.